The van der Waals surface area contributed by atoms with Gasteiger partial charge in [0.15, 0.2) is 0 Å². The molecule has 1 fully saturated rings. The third-order valence-electron chi connectivity index (χ3n) is 2.54. The molecule has 0 radical (unpaired) electrons. The second-order valence-electron chi connectivity index (χ2n) is 3.74. The highest BCUT2D eigenvalue weighted by molar-refractivity contribution is 7.99. The second kappa shape index (κ2) is 5.25. The lowest BCUT2D eigenvalue weighted by atomic mass is 10.0. The number of rotatable bonds is 1. The number of benzene rings is 1. The highest BCUT2D eigenvalue weighted by Gasteiger charge is 2.24. The normalized spacial score (nSPS) is 24.6. The molecule has 78 valence electrons. The van der Waals surface area contributed by atoms with E-state index in [-0.39, 0.29) is 6.10 Å². The van der Waals surface area contributed by atoms with E-state index in [1.54, 1.807) is 0 Å². The quantitative estimate of drug-likeness (QED) is 0.729. The second-order valence-corrected chi connectivity index (χ2v) is 4.81. The summed E-state index contributed by atoms with van der Waals surface area (Å²) in [6.45, 7) is 0. The smallest absolute Gasteiger partial charge is 0.0675 e. The molecule has 1 N–H and O–H groups in total. The molecule has 1 aromatic rings. The van der Waals surface area contributed by atoms with E-state index in [0.29, 0.717) is 5.92 Å². The van der Waals surface area contributed by atoms with E-state index in [1.165, 1.54) is 0 Å². The Balaban J connectivity index is 1.90. The van der Waals surface area contributed by atoms with Crippen LogP contribution in [0.4, 0.5) is 0 Å². The zero-order chi connectivity index (χ0) is 10.5. The minimum absolute atomic E-state index is 0.153. The van der Waals surface area contributed by atoms with Gasteiger partial charge in [-0.05, 0) is 17.9 Å². The summed E-state index contributed by atoms with van der Waals surface area (Å²) in [5.74, 6) is 8.56. The van der Waals surface area contributed by atoms with Crippen LogP contribution >= 0.6 is 11.8 Å². The van der Waals surface area contributed by atoms with Crippen LogP contribution < -0.4 is 0 Å². The van der Waals surface area contributed by atoms with Crippen molar-refractivity contribution >= 4 is 11.8 Å². The number of hydrogen-bond acceptors (Lipinski definition) is 2. The zero-order valence-corrected chi connectivity index (χ0v) is 9.33. The average Bonchev–Trinajstić information content (AvgIpc) is 2.66. The van der Waals surface area contributed by atoms with Crippen molar-refractivity contribution in [3.63, 3.8) is 0 Å². The Morgan fingerprint density at radius 2 is 2.07 bits per heavy atom. The van der Waals surface area contributed by atoms with Crippen molar-refractivity contribution in [2.45, 2.75) is 12.5 Å². The van der Waals surface area contributed by atoms with Gasteiger partial charge in [0.05, 0.1) is 6.10 Å². The number of aliphatic hydroxyl groups is 1. The van der Waals surface area contributed by atoms with Crippen LogP contribution in [0.3, 0.4) is 0 Å². The highest BCUT2D eigenvalue weighted by Crippen LogP contribution is 2.26. The molecule has 0 spiro atoms. The summed E-state index contributed by atoms with van der Waals surface area (Å²) in [6, 6.07) is 9.98. The fourth-order valence-electron chi connectivity index (χ4n) is 1.59. The predicted octanol–water partition coefficient (Wildman–Crippen LogP) is 2.15. The SMILES string of the molecule is OC1CSCC1CC#Cc1ccccc1. The third-order valence-corrected chi connectivity index (χ3v) is 3.78. The van der Waals surface area contributed by atoms with Gasteiger partial charge in [0, 0.05) is 23.7 Å². The molecule has 1 aliphatic heterocycles. The van der Waals surface area contributed by atoms with Crippen LogP contribution in [-0.4, -0.2) is 22.7 Å². The lowest BCUT2D eigenvalue weighted by molar-refractivity contribution is 0.152. The summed E-state index contributed by atoms with van der Waals surface area (Å²) >= 11 is 1.82. The molecule has 2 atom stereocenters. The molecule has 2 rings (SSSR count). The van der Waals surface area contributed by atoms with Crippen LogP contribution in [0.2, 0.25) is 0 Å². The summed E-state index contributed by atoms with van der Waals surface area (Å²) in [5.41, 5.74) is 1.05. The lowest BCUT2D eigenvalue weighted by Crippen LogP contribution is -2.16. The Hall–Kier alpha value is -0.910. The molecule has 0 saturated carbocycles. The molecule has 1 aliphatic rings. The van der Waals surface area contributed by atoms with Crippen LogP contribution in [0.25, 0.3) is 0 Å². The molecular formula is C13H14OS. The number of hydrogen-bond donors (Lipinski definition) is 1. The van der Waals surface area contributed by atoms with Gasteiger partial charge in [0.1, 0.15) is 0 Å². The molecule has 0 amide bonds. The van der Waals surface area contributed by atoms with E-state index in [4.69, 9.17) is 0 Å². The van der Waals surface area contributed by atoms with Crippen molar-refractivity contribution in [1.82, 2.24) is 0 Å². The van der Waals surface area contributed by atoms with Crippen molar-refractivity contribution < 1.29 is 5.11 Å². The van der Waals surface area contributed by atoms with Gasteiger partial charge < -0.3 is 5.11 Å². The van der Waals surface area contributed by atoms with Crippen molar-refractivity contribution in [3.05, 3.63) is 35.9 Å². The van der Waals surface area contributed by atoms with E-state index >= 15 is 0 Å². The maximum Gasteiger partial charge on any atom is 0.0675 e. The Morgan fingerprint density at radius 3 is 2.73 bits per heavy atom. The first kappa shape index (κ1) is 10.6. The average molecular weight is 218 g/mol. The molecular weight excluding hydrogens is 204 g/mol. The first-order chi connectivity index (χ1) is 7.36. The molecule has 0 aliphatic carbocycles. The summed E-state index contributed by atoms with van der Waals surface area (Å²) in [4.78, 5) is 0. The van der Waals surface area contributed by atoms with Crippen molar-refractivity contribution in [2.24, 2.45) is 5.92 Å². The zero-order valence-electron chi connectivity index (χ0n) is 8.52. The Kier molecular flexibility index (Phi) is 3.71. The molecule has 2 unspecified atom stereocenters. The van der Waals surface area contributed by atoms with Gasteiger partial charge in [-0.2, -0.15) is 11.8 Å². The van der Waals surface area contributed by atoms with Crippen LogP contribution in [0, 0.1) is 17.8 Å². The molecule has 1 nitrogen and oxygen atoms in total. The third kappa shape index (κ3) is 3.02. The van der Waals surface area contributed by atoms with E-state index in [9.17, 15) is 5.11 Å². The molecule has 0 aromatic heterocycles. The molecule has 2 heteroatoms. The Morgan fingerprint density at radius 1 is 1.27 bits per heavy atom. The van der Waals surface area contributed by atoms with E-state index in [0.717, 1.165) is 23.5 Å². The molecule has 1 heterocycles. The topological polar surface area (TPSA) is 20.2 Å². The summed E-state index contributed by atoms with van der Waals surface area (Å²) in [5, 5.41) is 9.60. The summed E-state index contributed by atoms with van der Waals surface area (Å²) in [6.07, 6.45) is 0.656. The van der Waals surface area contributed by atoms with Gasteiger partial charge in [0.2, 0.25) is 0 Å². The van der Waals surface area contributed by atoms with Gasteiger partial charge in [-0.25, -0.2) is 0 Å². The predicted molar refractivity (Wildman–Crippen MR) is 64.8 cm³/mol. The number of aliphatic hydroxyl groups excluding tert-OH is 1. The molecule has 15 heavy (non-hydrogen) atoms. The fraction of sp³-hybridized carbons (Fsp3) is 0.385. The fourth-order valence-corrected chi connectivity index (χ4v) is 2.88. The Labute approximate surface area is 94.9 Å². The first-order valence-electron chi connectivity index (χ1n) is 5.16. The highest BCUT2D eigenvalue weighted by atomic mass is 32.2. The lowest BCUT2D eigenvalue weighted by Gasteiger charge is -2.07. The van der Waals surface area contributed by atoms with Crippen molar-refractivity contribution in [2.75, 3.05) is 11.5 Å². The van der Waals surface area contributed by atoms with Gasteiger partial charge in [-0.15, -0.1) is 0 Å². The van der Waals surface area contributed by atoms with E-state index in [1.807, 2.05) is 42.1 Å². The number of thioether (sulfide) groups is 1. The minimum Gasteiger partial charge on any atom is -0.392 e. The Bertz CT molecular complexity index is 363. The molecule has 0 bridgehead atoms. The van der Waals surface area contributed by atoms with Crippen LogP contribution in [-0.2, 0) is 0 Å². The molecule has 1 saturated heterocycles. The first-order valence-corrected chi connectivity index (χ1v) is 6.31. The summed E-state index contributed by atoms with van der Waals surface area (Å²) in [7, 11) is 0. The molecule has 1 aromatic carbocycles. The van der Waals surface area contributed by atoms with E-state index < -0.39 is 0 Å². The monoisotopic (exact) mass is 218 g/mol. The van der Waals surface area contributed by atoms with E-state index in [2.05, 4.69) is 11.8 Å². The van der Waals surface area contributed by atoms with Gasteiger partial charge >= 0.3 is 0 Å². The van der Waals surface area contributed by atoms with Crippen LogP contribution in [0.15, 0.2) is 30.3 Å². The largest absolute Gasteiger partial charge is 0.392 e. The van der Waals surface area contributed by atoms with Gasteiger partial charge in [0.25, 0.3) is 0 Å². The standard InChI is InChI=1S/C13H14OS/c14-13-10-15-9-12(13)8-4-7-11-5-2-1-3-6-11/h1-3,5-6,12-14H,8-10H2. The minimum atomic E-state index is -0.153. The summed E-state index contributed by atoms with van der Waals surface area (Å²) < 4.78 is 0. The van der Waals surface area contributed by atoms with Crippen molar-refractivity contribution in [1.29, 1.82) is 0 Å². The van der Waals surface area contributed by atoms with Crippen molar-refractivity contribution in [3.8, 4) is 11.8 Å². The van der Waals surface area contributed by atoms with Crippen LogP contribution in [0.1, 0.15) is 12.0 Å². The van der Waals surface area contributed by atoms with Crippen LogP contribution in [0.5, 0.6) is 0 Å². The maximum absolute atomic E-state index is 9.60. The maximum atomic E-state index is 9.60. The van der Waals surface area contributed by atoms with Gasteiger partial charge in [-0.3, -0.25) is 0 Å². The van der Waals surface area contributed by atoms with Gasteiger partial charge in [-0.1, -0.05) is 30.0 Å².